The molecule has 0 amide bonds. The van der Waals surface area contributed by atoms with Crippen molar-refractivity contribution in [2.75, 3.05) is 7.11 Å². The van der Waals surface area contributed by atoms with Crippen molar-refractivity contribution < 1.29 is 9.84 Å². The number of phenols is 1. The van der Waals surface area contributed by atoms with Gasteiger partial charge in [0.05, 0.1) is 18.5 Å². The SMILES string of the molecule is COc1cc(-n2cc3[nH]n(-c4ccc(Cl)cc4)nc-3c2=O)ccc1O. The Morgan fingerprint density at radius 2 is 1.88 bits per heavy atom. The van der Waals surface area contributed by atoms with Crippen LogP contribution < -0.4 is 10.3 Å². The highest BCUT2D eigenvalue weighted by atomic mass is 35.5. The summed E-state index contributed by atoms with van der Waals surface area (Å²) in [5.41, 5.74) is 1.96. The Morgan fingerprint density at radius 1 is 1.16 bits per heavy atom. The van der Waals surface area contributed by atoms with E-state index in [-0.39, 0.29) is 11.3 Å². The molecule has 8 heteroatoms. The normalized spacial score (nSPS) is 11.1. The van der Waals surface area contributed by atoms with E-state index < -0.39 is 0 Å². The van der Waals surface area contributed by atoms with Gasteiger partial charge < -0.3 is 9.84 Å². The summed E-state index contributed by atoms with van der Waals surface area (Å²) in [6.45, 7) is 0. The highest BCUT2D eigenvalue weighted by Crippen LogP contribution is 2.28. The van der Waals surface area contributed by atoms with E-state index >= 15 is 0 Å². The molecule has 7 nitrogen and oxygen atoms in total. The van der Waals surface area contributed by atoms with E-state index in [0.717, 1.165) is 5.69 Å². The molecule has 2 aliphatic heterocycles. The van der Waals surface area contributed by atoms with Crippen LogP contribution in [0.4, 0.5) is 0 Å². The van der Waals surface area contributed by atoms with Gasteiger partial charge in [-0.3, -0.25) is 14.5 Å². The topological polar surface area (TPSA) is 85.1 Å². The van der Waals surface area contributed by atoms with Crippen LogP contribution in [0.25, 0.3) is 22.8 Å². The summed E-state index contributed by atoms with van der Waals surface area (Å²) < 4.78 is 6.53. The molecule has 0 radical (unpaired) electrons. The molecule has 0 saturated carbocycles. The molecule has 0 spiro atoms. The molecule has 2 aromatic rings. The number of H-pyrrole nitrogens is 1. The highest BCUT2D eigenvalue weighted by Gasteiger charge is 2.20. The second kappa shape index (κ2) is 5.71. The Balaban J connectivity index is 1.80. The third-order valence-electron chi connectivity index (χ3n) is 3.87. The van der Waals surface area contributed by atoms with Crippen LogP contribution in [-0.4, -0.2) is 31.8 Å². The van der Waals surface area contributed by atoms with Gasteiger partial charge in [-0.05, 0) is 36.4 Å². The van der Waals surface area contributed by atoms with Crippen molar-refractivity contribution in [3.63, 3.8) is 0 Å². The Bertz CT molecular complexity index is 1080. The van der Waals surface area contributed by atoms with Crippen LogP contribution in [0.5, 0.6) is 11.5 Å². The maximum Gasteiger partial charge on any atom is 0.285 e. The number of fused-ring (bicyclic) bond motifs is 1. The Morgan fingerprint density at radius 3 is 2.56 bits per heavy atom. The third kappa shape index (κ3) is 2.54. The van der Waals surface area contributed by atoms with Gasteiger partial charge in [-0.1, -0.05) is 11.6 Å². The van der Waals surface area contributed by atoms with E-state index in [4.69, 9.17) is 16.3 Å². The number of aromatic hydroxyl groups is 1. The molecular formula is C17H13ClN4O3. The molecule has 2 N–H and O–H groups in total. The highest BCUT2D eigenvalue weighted by molar-refractivity contribution is 6.30. The minimum atomic E-state index is -0.272. The fourth-order valence-electron chi connectivity index (χ4n) is 2.61. The zero-order valence-electron chi connectivity index (χ0n) is 13.1. The number of nitrogens with one attached hydrogen (secondary N) is 1. The average Bonchev–Trinajstić information content (AvgIpc) is 3.16. The number of aromatic amines is 1. The zero-order valence-corrected chi connectivity index (χ0v) is 13.9. The Hall–Kier alpha value is -3.19. The first-order valence-electron chi connectivity index (χ1n) is 7.40. The van der Waals surface area contributed by atoms with Crippen molar-refractivity contribution in [1.82, 2.24) is 19.6 Å². The monoisotopic (exact) mass is 356 g/mol. The van der Waals surface area contributed by atoms with Crippen molar-refractivity contribution >= 4 is 11.6 Å². The molecule has 0 bridgehead atoms. The molecule has 25 heavy (non-hydrogen) atoms. The van der Waals surface area contributed by atoms with Gasteiger partial charge >= 0.3 is 0 Å². The average molecular weight is 357 g/mol. The van der Waals surface area contributed by atoms with Gasteiger partial charge in [-0.25, -0.2) is 0 Å². The second-order valence-corrected chi connectivity index (χ2v) is 5.86. The van der Waals surface area contributed by atoms with Gasteiger partial charge in [0.15, 0.2) is 17.2 Å². The number of hydrogen-bond acceptors (Lipinski definition) is 4. The molecule has 0 atom stereocenters. The predicted octanol–water partition coefficient (Wildman–Crippen LogP) is 2.82. The lowest BCUT2D eigenvalue weighted by Gasteiger charge is -2.06. The lowest BCUT2D eigenvalue weighted by molar-refractivity contribution is 0.373. The van der Waals surface area contributed by atoms with Crippen LogP contribution in [0.1, 0.15) is 0 Å². The third-order valence-corrected chi connectivity index (χ3v) is 4.13. The summed E-state index contributed by atoms with van der Waals surface area (Å²) in [6.07, 6.45) is 1.66. The number of nitrogens with zero attached hydrogens (tertiary/aromatic N) is 3. The molecule has 2 heterocycles. The minimum absolute atomic E-state index is 0.00937. The quantitative estimate of drug-likeness (QED) is 0.591. The molecule has 4 rings (SSSR count). The van der Waals surface area contributed by atoms with E-state index in [0.29, 0.717) is 27.8 Å². The minimum Gasteiger partial charge on any atom is -0.504 e. The fourth-order valence-corrected chi connectivity index (χ4v) is 2.73. The molecule has 126 valence electrons. The number of halogens is 1. The Labute approximate surface area is 147 Å². The van der Waals surface area contributed by atoms with Gasteiger partial charge in [0, 0.05) is 17.3 Å². The number of phenolic OH excluding ortho intramolecular Hbond substituents is 1. The van der Waals surface area contributed by atoms with Gasteiger partial charge in [-0.15, -0.1) is 5.10 Å². The predicted molar refractivity (Wildman–Crippen MR) is 93.4 cm³/mol. The van der Waals surface area contributed by atoms with Crippen LogP contribution in [0.15, 0.2) is 53.5 Å². The number of aromatic nitrogens is 4. The van der Waals surface area contributed by atoms with Crippen LogP contribution in [0, 0.1) is 0 Å². The first-order chi connectivity index (χ1) is 12.1. The molecule has 2 aromatic carbocycles. The van der Waals surface area contributed by atoms with Crippen molar-refractivity contribution in [3.05, 3.63) is 64.0 Å². The van der Waals surface area contributed by atoms with E-state index in [1.165, 1.54) is 22.5 Å². The Kier molecular flexibility index (Phi) is 3.51. The van der Waals surface area contributed by atoms with E-state index in [9.17, 15) is 9.90 Å². The molecule has 0 saturated heterocycles. The van der Waals surface area contributed by atoms with E-state index in [1.54, 1.807) is 42.6 Å². The summed E-state index contributed by atoms with van der Waals surface area (Å²) in [6, 6.07) is 11.8. The fraction of sp³-hybridized carbons (Fsp3) is 0.0588. The lowest BCUT2D eigenvalue weighted by Crippen LogP contribution is -2.14. The van der Waals surface area contributed by atoms with Crippen molar-refractivity contribution in [2.45, 2.75) is 0 Å². The zero-order chi connectivity index (χ0) is 17.6. The molecule has 0 unspecified atom stereocenters. The number of ether oxygens (including phenoxy) is 1. The summed E-state index contributed by atoms with van der Waals surface area (Å²) in [5.74, 6) is 0.300. The van der Waals surface area contributed by atoms with Gasteiger partial charge in [0.1, 0.15) is 5.69 Å². The first-order valence-corrected chi connectivity index (χ1v) is 7.78. The van der Waals surface area contributed by atoms with Crippen molar-refractivity contribution in [1.29, 1.82) is 0 Å². The van der Waals surface area contributed by atoms with Crippen LogP contribution >= 0.6 is 11.6 Å². The van der Waals surface area contributed by atoms with Gasteiger partial charge in [0.25, 0.3) is 5.56 Å². The smallest absolute Gasteiger partial charge is 0.285 e. The summed E-state index contributed by atoms with van der Waals surface area (Å²) in [4.78, 5) is 14.2. The van der Waals surface area contributed by atoms with Crippen LogP contribution in [0.2, 0.25) is 5.02 Å². The second-order valence-electron chi connectivity index (χ2n) is 5.42. The lowest BCUT2D eigenvalue weighted by atomic mass is 10.3. The maximum absolute atomic E-state index is 12.7. The standard InChI is InChI=1S/C17H13ClN4O3/c1-25-15-8-12(6-7-14(15)23)21-9-13-16(17(21)24)20-22(19-13)11-4-2-10(18)3-5-11/h2-9,19,23H,1H3. The van der Waals surface area contributed by atoms with Crippen LogP contribution in [-0.2, 0) is 0 Å². The summed E-state index contributed by atoms with van der Waals surface area (Å²) in [5, 5.41) is 17.7. The van der Waals surface area contributed by atoms with E-state index in [2.05, 4.69) is 10.2 Å². The number of methoxy groups -OCH3 is 1. The van der Waals surface area contributed by atoms with Gasteiger partial charge in [-0.2, -0.15) is 4.80 Å². The first kappa shape index (κ1) is 15.3. The molecular weight excluding hydrogens is 344 g/mol. The number of benzene rings is 2. The van der Waals surface area contributed by atoms with E-state index in [1.807, 2.05) is 0 Å². The molecule has 0 aromatic heterocycles. The number of hydrogen-bond donors (Lipinski definition) is 2. The molecule has 0 aliphatic carbocycles. The molecule has 2 aliphatic rings. The summed E-state index contributed by atoms with van der Waals surface area (Å²) in [7, 11) is 1.45. The summed E-state index contributed by atoms with van der Waals surface area (Å²) >= 11 is 5.89. The van der Waals surface area contributed by atoms with Crippen molar-refractivity contribution in [2.24, 2.45) is 0 Å². The van der Waals surface area contributed by atoms with Gasteiger partial charge in [0.2, 0.25) is 0 Å². The van der Waals surface area contributed by atoms with Crippen molar-refractivity contribution in [3.8, 4) is 34.3 Å². The number of rotatable bonds is 3. The largest absolute Gasteiger partial charge is 0.504 e. The molecule has 0 fully saturated rings. The maximum atomic E-state index is 12.7. The van der Waals surface area contributed by atoms with Crippen LogP contribution in [0.3, 0.4) is 0 Å².